The minimum Gasteiger partial charge on any atom is -0.346 e. The van der Waals surface area contributed by atoms with Crippen LogP contribution < -0.4 is 18.9 Å². The first-order chi connectivity index (χ1) is 7.00. The number of rotatable bonds is 0. The van der Waals surface area contributed by atoms with E-state index in [9.17, 15) is 0 Å². The van der Waals surface area contributed by atoms with Crippen LogP contribution in [0.3, 0.4) is 0 Å². The van der Waals surface area contributed by atoms with E-state index in [1.165, 1.54) is 38.5 Å². The molecular formula is C14H23Li. The fourth-order valence-electron chi connectivity index (χ4n) is 1.45. The predicted octanol–water partition coefficient (Wildman–Crippen LogP) is 1.87. The zero-order chi connectivity index (χ0) is 10.5. The van der Waals surface area contributed by atoms with Crippen LogP contribution in [0.1, 0.15) is 45.4 Å². The molecule has 2 rings (SSSR count). The number of hydrogen-bond acceptors (Lipinski definition) is 0. The molecule has 0 amide bonds. The third kappa shape index (κ3) is 13.8. The van der Waals surface area contributed by atoms with Crippen molar-refractivity contribution >= 4 is 0 Å². The molecular weight excluding hydrogens is 175 g/mol. The van der Waals surface area contributed by atoms with Gasteiger partial charge in [0.05, 0.1) is 0 Å². The van der Waals surface area contributed by atoms with E-state index < -0.39 is 0 Å². The van der Waals surface area contributed by atoms with Gasteiger partial charge in [-0.3, -0.25) is 0 Å². The van der Waals surface area contributed by atoms with Gasteiger partial charge in [0.2, 0.25) is 0 Å². The standard InChI is InChI=1S/C6H12.C6H6.C2H5.Li/c2*1-2-4-6-5-3-1;1-2;/h1-6H2;1-6H;1H2,2H3;/q;;-1;+1. The first-order valence-corrected chi connectivity index (χ1v) is 5.71. The van der Waals surface area contributed by atoms with Gasteiger partial charge in [0, 0.05) is 0 Å². The fraction of sp³-hybridized carbons (Fsp3) is 0.500. The molecule has 1 heteroatoms. The quantitative estimate of drug-likeness (QED) is 0.441. The smallest absolute Gasteiger partial charge is 0.346 e. The van der Waals surface area contributed by atoms with E-state index in [1.54, 1.807) is 6.92 Å². The zero-order valence-corrected chi connectivity index (χ0v) is 10.4. The monoisotopic (exact) mass is 198 g/mol. The van der Waals surface area contributed by atoms with Crippen molar-refractivity contribution in [2.75, 3.05) is 0 Å². The Hall–Kier alpha value is -0.183. The Morgan fingerprint density at radius 1 is 0.533 bits per heavy atom. The van der Waals surface area contributed by atoms with Gasteiger partial charge in [-0.05, 0) is 0 Å². The van der Waals surface area contributed by atoms with Gasteiger partial charge in [0.15, 0.2) is 0 Å². The third-order valence-corrected chi connectivity index (χ3v) is 2.17. The fourth-order valence-corrected chi connectivity index (χ4v) is 1.45. The Balaban J connectivity index is 0. The van der Waals surface area contributed by atoms with E-state index in [-0.39, 0.29) is 18.9 Å². The third-order valence-electron chi connectivity index (χ3n) is 2.17. The van der Waals surface area contributed by atoms with Crippen molar-refractivity contribution in [2.24, 2.45) is 0 Å². The molecule has 15 heavy (non-hydrogen) atoms. The van der Waals surface area contributed by atoms with E-state index in [4.69, 9.17) is 0 Å². The molecule has 0 nitrogen and oxygen atoms in total. The molecule has 80 valence electrons. The summed E-state index contributed by atoms with van der Waals surface area (Å²) >= 11 is 0. The number of benzene rings is 1. The molecule has 0 heterocycles. The van der Waals surface area contributed by atoms with E-state index in [0.29, 0.717) is 0 Å². The first kappa shape index (κ1) is 17.2. The summed E-state index contributed by atoms with van der Waals surface area (Å²) in [4.78, 5) is 0. The molecule has 0 aromatic heterocycles. The molecule has 0 saturated heterocycles. The second-order valence-corrected chi connectivity index (χ2v) is 3.28. The predicted molar refractivity (Wildman–Crippen MR) is 65.2 cm³/mol. The summed E-state index contributed by atoms with van der Waals surface area (Å²) in [6.07, 6.45) is 9.00. The molecule has 1 saturated carbocycles. The maximum absolute atomic E-state index is 3.25. The van der Waals surface area contributed by atoms with Crippen LogP contribution in [0.2, 0.25) is 0 Å². The van der Waals surface area contributed by atoms with Crippen LogP contribution >= 0.6 is 0 Å². The van der Waals surface area contributed by atoms with Crippen molar-refractivity contribution in [2.45, 2.75) is 45.4 Å². The Bertz CT molecular complexity index is 130. The van der Waals surface area contributed by atoms with Crippen molar-refractivity contribution in [1.82, 2.24) is 0 Å². The molecule has 0 N–H and O–H groups in total. The van der Waals surface area contributed by atoms with Crippen LogP contribution in [-0.4, -0.2) is 0 Å². The van der Waals surface area contributed by atoms with Gasteiger partial charge >= 0.3 is 18.9 Å². The summed E-state index contributed by atoms with van der Waals surface area (Å²) in [5.41, 5.74) is 0. The molecule has 1 aliphatic rings. The Morgan fingerprint density at radius 3 is 0.800 bits per heavy atom. The summed E-state index contributed by atoms with van der Waals surface area (Å²) in [5, 5.41) is 0. The van der Waals surface area contributed by atoms with Crippen molar-refractivity contribution in [3.05, 3.63) is 43.3 Å². The van der Waals surface area contributed by atoms with E-state index >= 15 is 0 Å². The van der Waals surface area contributed by atoms with E-state index in [2.05, 4.69) is 6.92 Å². The largest absolute Gasteiger partial charge is 1.00 e. The molecule has 0 bridgehead atoms. The van der Waals surface area contributed by atoms with E-state index in [0.717, 1.165) is 0 Å². The van der Waals surface area contributed by atoms with Gasteiger partial charge in [-0.15, -0.1) is 0 Å². The van der Waals surface area contributed by atoms with Crippen molar-refractivity contribution in [1.29, 1.82) is 0 Å². The second-order valence-electron chi connectivity index (χ2n) is 3.28. The van der Waals surface area contributed by atoms with Crippen LogP contribution in [0, 0.1) is 6.92 Å². The number of hydrogen-bond donors (Lipinski definition) is 0. The minimum absolute atomic E-state index is 0. The average Bonchev–Trinajstić information content (AvgIpc) is 2.37. The maximum Gasteiger partial charge on any atom is 1.00 e. The second kappa shape index (κ2) is 16.3. The van der Waals surface area contributed by atoms with E-state index in [1.807, 2.05) is 36.4 Å². The summed E-state index contributed by atoms with van der Waals surface area (Å²) in [6.45, 7) is 5.00. The summed E-state index contributed by atoms with van der Waals surface area (Å²) in [6, 6.07) is 12.0. The Labute approximate surface area is 108 Å². The van der Waals surface area contributed by atoms with Crippen LogP contribution in [0.4, 0.5) is 0 Å². The summed E-state index contributed by atoms with van der Waals surface area (Å²) in [7, 11) is 0. The molecule has 0 spiro atoms. The van der Waals surface area contributed by atoms with Crippen LogP contribution in [-0.2, 0) is 0 Å². The van der Waals surface area contributed by atoms with Crippen LogP contribution in [0.15, 0.2) is 36.4 Å². The Morgan fingerprint density at radius 2 is 0.667 bits per heavy atom. The SMILES string of the molecule is C1CCCCC1.[CH2-]C.[Li+].c1ccccc1. The minimum atomic E-state index is 0. The molecule has 0 aliphatic heterocycles. The topological polar surface area (TPSA) is 0 Å². The molecule has 1 aromatic rings. The maximum atomic E-state index is 3.25. The average molecular weight is 198 g/mol. The van der Waals surface area contributed by atoms with Gasteiger partial charge in [-0.1, -0.05) is 74.9 Å². The van der Waals surface area contributed by atoms with Gasteiger partial charge in [-0.25, -0.2) is 0 Å². The van der Waals surface area contributed by atoms with Gasteiger partial charge < -0.3 is 6.92 Å². The van der Waals surface area contributed by atoms with Crippen LogP contribution in [0.25, 0.3) is 0 Å². The van der Waals surface area contributed by atoms with Gasteiger partial charge in [0.25, 0.3) is 0 Å². The Kier molecular flexibility index (Phi) is 18.7. The van der Waals surface area contributed by atoms with Crippen LogP contribution in [0.5, 0.6) is 0 Å². The van der Waals surface area contributed by atoms with Crippen molar-refractivity contribution in [3.63, 3.8) is 0 Å². The first-order valence-electron chi connectivity index (χ1n) is 5.71. The molecule has 0 radical (unpaired) electrons. The molecule has 0 unspecified atom stereocenters. The normalized spacial score (nSPS) is 13.2. The molecule has 1 aliphatic carbocycles. The zero-order valence-electron chi connectivity index (χ0n) is 10.4. The van der Waals surface area contributed by atoms with Gasteiger partial charge in [-0.2, -0.15) is 6.92 Å². The molecule has 0 atom stereocenters. The molecule has 1 aromatic carbocycles. The molecule has 1 fully saturated rings. The summed E-state index contributed by atoms with van der Waals surface area (Å²) in [5.74, 6) is 0. The van der Waals surface area contributed by atoms with Crippen molar-refractivity contribution in [3.8, 4) is 0 Å². The van der Waals surface area contributed by atoms with Gasteiger partial charge in [0.1, 0.15) is 0 Å². The van der Waals surface area contributed by atoms with Crippen molar-refractivity contribution < 1.29 is 18.9 Å². The summed E-state index contributed by atoms with van der Waals surface area (Å²) < 4.78 is 0.